The molecule has 0 unspecified atom stereocenters. The van der Waals surface area contributed by atoms with E-state index in [0.29, 0.717) is 15.6 Å². The van der Waals surface area contributed by atoms with E-state index < -0.39 is 10.7 Å². The third-order valence-corrected chi connectivity index (χ3v) is 3.33. The van der Waals surface area contributed by atoms with Gasteiger partial charge in [-0.05, 0) is 18.2 Å². The summed E-state index contributed by atoms with van der Waals surface area (Å²) in [6, 6.07) is 8.33. The molecule has 20 heavy (non-hydrogen) atoms. The van der Waals surface area contributed by atoms with Crippen LogP contribution in [0.4, 0.5) is 15.8 Å². The van der Waals surface area contributed by atoms with Crippen LogP contribution in [-0.2, 0) is 6.54 Å². The molecule has 0 fully saturated rings. The summed E-state index contributed by atoms with van der Waals surface area (Å²) in [5.74, 6) is -0.688. The van der Waals surface area contributed by atoms with Gasteiger partial charge in [0.05, 0.1) is 11.0 Å². The van der Waals surface area contributed by atoms with Crippen molar-refractivity contribution >= 4 is 34.6 Å². The van der Waals surface area contributed by atoms with Crippen molar-refractivity contribution in [2.45, 2.75) is 6.54 Å². The van der Waals surface area contributed by atoms with Crippen molar-refractivity contribution in [2.24, 2.45) is 0 Å². The topological polar surface area (TPSA) is 55.2 Å². The van der Waals surface area contributed by atoms with Crippen LogP contribution in [0.2, 0.25) is 10.0 Å². The predicted molar refractivity (Wildman–Crippen MR) is 76.8 cm³/mol. The van der Waals surface area contributed by atoms with Gasteiger partial charge in [0.1, 0.15) is 5.82 Å². The lowest BCUT2D eigenvalue weighted by atomic mass is 10.2. The Labute approximate surface area is 124 Å². The van der Waals surface area contributed by atoms with Gasteiger partial charge in [0.25, 0.3) is 5.69 Å². The maximum Gasteiger partial charge on any atom is 0.274 e. The number of nitrogens with one attached hydrogen (secondary N) is 1. The number of benzene rings is 2. The zero-order valence-electron chi connectivity index (χ0n) is 10.1. The summed E-state index contributed by atoms with van der Waals surface area (Å²) in [4.78, 5) is 10.0. The molecule has 7 heteroatoms. The maximum atomic E-state index is 13.3. The molecule has 0 atom stereocenters. The van der Waals surface area contributed by atoms with E-state index in [1.54, 1.807) is 18.2 Å². The monoisotopic (exact) mass is 314 g/mol. The van der Waals surface area contributed by atoms with E-state index in [4.69, 9.17) is 23.2 Å². The molecule has 4 nitrogen and oxygen atoms in total. The Morgan fingerprint density at radius 2 is 1.85 bits per heavy atom. The van der Waals surface area contributed by atoms with Crippen LogP contribution in [0.15, 0.2) is 36.4 Å². The van der Waals surface area contributed by atoms with Gasteiger partial charge in [-0.15, -0.1) is 0 Å². The van der Waals surface area contributed by atoms with E-state index in [1.807, 2.05) is 0 Å². The van der Waals surface area contributed by atoms with Gasteiger partial charge in [0.15, 0.2) is 0 Å². The van der Waals surface area contributed by atoms with Gasteiger partial charge in [0.2, 0.25) is 0 Å². The van der Waals surface area contributed by atoms with E-state index in [-0.39, 0.29) is 17.9 Å². The lowest BCUT2D eigenvalue weighted by Crippen LogP contribution is -2.02. The molecule has 0 aliphatic carbocycles. The molecule has 1 N–H and O–H groups in total. The molecule has 2 rings (SSSR count). The van der Waals surface area contributed by atoms with E-state index in [0.717, 1.165) is 12.1 Å². The first-order valence-corrected chi connectivity index (χ1v) is 6.34. The molecule has 2 aromatic carbocycles. The highest BCUT2D eigenvalue weighted by Gasteiger charge is 2.11. The molecular weight excluding hydrogens is 306 g/mol. The minimum atomic E-state index is -0.688. The smallest absolute Gasteiger partial charge is 0.274 e. The average molecular weight is 315 g/mol. The standard InChI is InChI=1S/C13H9Cl2FN2O2/c14-12-2-1-3-13(15)11(12)7-17-9-4-8(16)5-10(6-9)18(19)20/h1-6,17H,7H2. The molecule has 104 valence electrons. The summed E-state index contributed by atoms with van der Waals surface area (Å²) in [6.45, 7) is 0.235. The SMILES string of the molecule is O=[N+]([O-])c1cc(F)cc(NCc2c(Cl)cccc2Cl)c1. The van der Waals surface area contributed by atoms with Crippen LogP contribution in [0.1, 0.15) is 5.56 Å². The Bertz CT molecular complexity index is 645. The zero-order chi connectivity index (χ0) is 14.7. The number of nitro benzene ring substituents is 1. The zero-order valence-corrected chi connectivity index (χ0v) is 11.6. The molecule has 0 bridgehead atoms. The lowest BCUT2D eigenvalue weighted by molar-refractivity contribution is -0.385. The molecule has 0 aromatic heterocycles. The number of halogens is 3. The first-order chi connectivity index (χ1) is 9.47. The van der Waals surface area contributed by atoms with Gasteiger partial charge in [-0.1, -0.05) is 29.3 Å². The number of anilines is 1. The van der Waals surface area contributed by atoms with E-state index >= 15 is 0 Å². The van der Waals surface area contributed by atoms with Crippen LogP contribution in [-0.4, -0.2) is 4.92 Å². The third-order valence-electron chi connectivity index (χ3n) is 2.62. The van der Waals surface area contributed by atoms with Crippen molar-refractivity contribution in [1.29, 1.82) is 0 Å². The number of hydrogen-bond donors (Lipinski definition) is 1. The summed E-state index contributed by atoms with van der Waals surface area (Å²) in [5.41, 5.74) is 0.605. The third kappa shape index (κ3) is 3.37. The highest BCUT2D eigenvalue weighted by molar-refractivity contribution is 6.36. The largest absolute Gasteiger partial charge is 0.381 e. The van der Waals surface area contributed by atoms with E-state index in [1.165, 1.54) is 6.07 Å². The number of nitro groups is 1. The highest BCUT2D eigenvalue weighted by Crippen LogP contribution is 2.26. The lowest BCUT2D eigenvalue weighted by Gasteiger charge is -2.09. The van der Waals surface area contributed by atoms with Crippen LogP contribution < -0.4 is 5.32 Å². The van der Waals surface area contributed by atoms with Crippen molar-refractivity contribution in [3.63, 3.8) is 0 Å². The van der Waals surface area contributed by atoms with Gasteiger partial charge in [-0.3, -0.25) is 10.1 Å². The predicted octanol–water partition coefficient (Wildman–Crippen LogP) is 4.65. The fourth-order valence-electron chi connectivity index (χ4n) is 1.67. The molecule has 0 heterocycles. The first kappa shape index (κ1) is 14.6. The minimum Gasteiger partial charge on any atom is -0.381 e. The normalized spacial score (nSPS) is 10.3. The Hall–Kier alpha value is -1.85. The molecule has 2 aromatic rings. The Kier molecular flexibility index (Phi) is 4.42. The molecule has 0 amide bonds. The van der Waals surface area contributed by atoms with Crippen molar-refractivity contribution in [3.8, 4) is 0 Å². The van der Waals surface area contributed by atoms with Gasteiger partial charge < -0.3 is 5.32 Å². The fourth-order valence-corrected chi connectivity index (χ4v) is 2.20. The van der Waals surface area contributed by atoms with Crippen LogP contribution >= 0.6 is 23.2 Å². The second-order valence-electron chi connectivity index (χ2n) is 4.01. The van der Waals surface area contributed by atoms with Crippen molar-refractivity contribution < 1.29 is 9.31 Å². The molecule has 0 saturated carbocycles. The molecule has 0 spiro atoms. The van der Waals surface area contributed by atoms with E-state index in [9.17, 15) is 14.5 Å². The summed E-state index contributed by atoms with van der Waals surface area (Å²) in [6.07, 6.45) is 0. The molecule has 0 saturated heterocycles. The molecular formula is C13H9Cl2FN2O2. The highest BCUT2D eigenvalue weighted by atomic mass is 35.5. The van der Waals surface area contributed by atoms with Gasteiger partial charge in [-0.2, -0.15) is 0 Å². The average Bonchev–Trinajstić information content (AvgIpc) is 2.37. The second kappa shape index (κ2) is 6.07. The molecule has 0 radical (unpaired) electrons. The van der Waals surface area contributed by atoms with Crippen molar-refractivity contribution in [2.75, 3.05) is 5.32 Å². The number of hydrogen-bond acceptors (Lipinski definition) is 3. The Morgan fingerprint density at radius 3 is 2.45 bits per heavy atom. The Balaban J connectivity index is 2.21. The summed E-state index contributed by atoms with van der Waals surface area (Å²) >= 11 is 12.0. The Morgan fingerprint density at radius 1 is 1.20 bits per heavy atom. The van der Waals surface area contributed by atoms with E-state index in [2.05, 4.69) is 5.32 Å². The summed E-state index contributed by atoms with van der Waals surface area (Å²) in [7, 11) is 0. The maximum absolute atomic E-state index is 13.3. The van der Waals surface area contributed by atoms with Crippen LogP contribution in [0.25, 0.3) is 0 Å². The fraction of sp³-hybridized carbons (Fsp3) is 0.0769. The van der Waals surface area contributed by atoms with Crippen LogP contribution in [0, 0.1) is 15.9 Å². The van der Waals surface area contributed by atoms with Crippen molar-refractivity contribution in [3.05, 3.63) is 67.9 Å². The van der Waals surface area contributed by atoms with Crippen molar-refractivity contribution in [1.82, 2.24) is 0 Å². The first-order valence-electron chi connectivity index (χ1n) is 5.59. The molecule has 0 aliphatic heterocycles. The van der Waals surface area contributed by atoms with Gasteiger partial charge in [0, 0.05) is 33.9 Å². The molecule has 0 aliphatic rings. The number of non-ortho nitro benzene ring substituents is 1. The number of rotatable bonds is 4. The van der Waals surface area contributed by atoms with Crippen LogP contribution in [0.5, 0.6) is 0 Å². The summed E-state index contributed by atoms with van der Waals surface area (Å²) < 4.78 is 13.3. The van der Waals surface area contributed by atoms with Crippen LogP contribution in [0.3, 0.4) is 0 Å². The summed E-state index contributed by atoms with van der Waals surface area (Å²) in [5, 5.41) is 14.5. The number of nitrogens with zero attached hydrogens (tertiary/aromatic N) is 1. The second-order valence-corrected chi connectivity index (χ2v) is 4.82. The van der Waals surface area contributed by atoms with Gasteiger partial charge in [-0.25, -0.2) is 4.39 Å². The quantitative estimate of drug-likeness (QED) is 0.660. The van der Waals surface area contributed by atoms with Gasteiger partial charge >= 0.3 is 0 Å². The minimum absolute atomic E-state index is 0.235.